The SMILES string of the molecule is CC.CCOC(=O)CNC(=O)C1CCCN1S(=O)(=O)C1=CC=CC(S(C)(=O)=O)=C=C1.CN1CCCC(C)(C)C1.Cc1ccc(NC(=O)c2c(Cl)cncc2Cl)cc1. The highest BCUT2D eigenvalue weighted by Gasteiger charge is 2.40. The van der Waals surface area contributed by atoms with Crippen LogP contribution in [0.25, 0.3) is 0 Å². The zero-order valence-corrected chi connectivity index (χ0v) is 37.0. The minimum Gasteiger partial charge on any atom is -0.465 e. The smallest absolute Gasteiger partial charge is 0.325 e. The number of ether oxygens (including phenoxy) is 1. The first-order valence-electron chi connectivity index (χ1n) is 18.6. The fraction of sp³-hybridized carbons (Fsp3) is 0.475. The summed E-state index contributed by atoms with van der Waals surface area (Å²) >= 11 is 11.8. The molecule has 17 heteroatoms. The molecule has 0 saturated carbocycles. The number of sulfone groups is 1. The summed E-state index contributed by atoms with van der Waals surface area (Å²) in [6.45, 7) is 14.8. The number of piperidine rings is 1. The van der Waals surface area contributed by atoms with Crippen molar-refractivity contribution in [3.05, 3.63) is 97.7 Å². The van der Waals surface area contributed by atoms with Crippen LogP contribution in [0.5, 0.6) is 0 Å². The van der Waals surface area contributed by atoms with Crippen molar-refractivity contribution in [2.24, 2.45) is 5.41 Å². The van der Waals surface area contributed by atoms with Gasteiger partial charge in [-0.2, -0.15) is 4.31 Å². The number of nitrogens with one attached hydrogen (secondary N) is 2. The number of hydrogen-bond donors (Lipinski definition) is 2. The second-order valence-corrected chi connectivity index (χ2v) is 18.6. The Balaban J connectivity index is 0.000000327. The molecule has 2 amide bonds. The molecule has 0 spiro atoms. The van der Waals surface area contributed by atoms with Crippen molar-refractivity contribution in [1.82, 2.24) is 19.5 Å². The van der Waals surface area contributed by atoms with Crippen molar-refractivity contribution in [2.45, 2.75) is 73.3 Å². The minimum atomic E-state index is -4.06. The molecule has 1 aromatic heterocycles. The molecule has 1 aliphatic carbocycles. The Morgan fingerprint density at radius 1 is 1.02 bits per heavy atom. The van der Waals surface area contributed by atoms with Crippen LogP contribution in [0.3, 0.4) is 0 Å². The number of carbonyl (C=O) groups excluding carboxylic acids is 3. The fourth-order valence-corrected chi connectivity index (χ4v) is 8.72. The van der Waals surface area contributed by atoms with Gasteiger partial charge >= 0.3 is 5.97 Å². The molecule has 5 rings (SSSR count). The number of allylic oxidation sites excluding steroid dienone is 3. The molecule has 2 saturated heterocycles. The lowest BCUT2D eigenvalue weighted by molar-refractivity contribution is -0.143. The minimum absolute atomic E-state index is 0.136. The van der Waals surface area contributed by atoms with Gasteiger partial charge in [-0.15, -0.1) is 0 Å². The van der Waals surface area contributed by atoms with E-state index in [1.807, 2.05) is 45.0 Å². The van der Waals surface area contributed by atoms with E-state index in [1.165, 1.54) is 56.6 Å². The van der Waals surface area contributed by atoms with Gasteiger partial charge in [-0.05, 0) is 82.8 Å². The predicted molar refractivity (Wildman–Crippen MR) is 227 cm³/mol. The van der Waals surface area contributed by atoms with Gasteiger partial charge in [0.05, 0.1) is 27.1 Å². The lowest BCUT2D eigenvalue weighted by Gasteiger charge is -2.35. The predicted octanol–water partition coefficient (Wildman–Crippen LogP) is 6.71. The van der Waals surface area contributed by atoms with Gasteiger partial charge < -0.3 is 20.3 Å². The highest BCUT2D eigenvalue weighted by molar-refractivity contribution is 7.94. The molecule has 0 radical (unpaired) electrons. The van der Waals surface area contributed by atoms with Gasteiger partial charge in [0.1, 0.15) is 17.5 Å². The van der Waals surface area contributed by atoms with Crippen LogP contribution in [-0.2, 0) is 34.2 Å². The summed E-state index contributed by atoms with van der Waals surface area (Å²) in [5.74, 6) is -1.55. The average molecular weight is 869 g/mol. The van der Waals surface area contributed by atoms with Crippen molar-refractivity contribution in [3.63, 3.8) is 0 Å². The average Bonchev–Trinajstić information content (AvgIpc) is 3.50. The third-order valence-electron chi connectivity index (χ3n) is 8.57. The Morgan fingerprint density at radius 3 is 2.19 bits per heavy atom. The Bertz CT molecular complexity index is 2040. The standard InChI is InChI=1S/C17H22N2O7S2.C13H10Cl2N2O.C8H17N.C2H6/c1-3-26-16(20)12-18-17(21)15-8-5-11-19(15)28(24,25)14-7-4-6-13(9-10-14)27(2,22)23;1-8-2-4-9(5-3-8)17-13(18)12-10(14)6-16-7-11(12)15;1-8(2)5-4-6-9(3)7-8;1-2/h4,6-7,10,15H,3,5,8,11-12H2,1-2H3,(H,18,21);2-7H,1H3,(H,17,18);4-7H2,1-3H3;1-2H3. The van der Waals surface area contributed by atoms with E-state index in [9.17, 15) is 31.2 Å². The van der Waals surface area contributed by atoms with Gasteiger partial charge in [-0.25, -0.2) is 16.8 Å². The number of aryl methyl sites for hydroxylation is 1. The molecule has 2 N–H and O–H groups in total. The van der Waals surface area contributed by atoms with Gasteiger partial charge in [0.15, 0.2) is 9.84 Å². The lowest BCUT2D eigenvalue weighted by atomic mass is 9.84. The number of nitrogens with zero attached hydrogens (tertiary/aromatic N) is 3. The maximum atomic E-state index is 13.0. The molecular weight excluding hydrogens is 814 g/mol. The number of aromatic nitrogens is 1. The van der Waals surface area contributed by atoms with Gasteiger partial charge in [-0.3, -0.25) is 19.4 Å². The van der Waals surface area contributed by atoms with Gasteiger partial charge in [0.2, 0.25) is 15.9 Å². The van der Waals surface area contributed by atoms with E-state index in [2.05, 4.69) is 47.1 Å². The molecule has 2 aromatic rings. The number of likely N-dealkylation sites (tertiary alicyclic amines) is 1. The van der Waals surface area contributed by atoms with Crippen LogP contribution in [0, 0.1) is 12.3 Å². The summed E-state index contributed by atoms with van der Waals surface area (Å²) in [5.41, 5.74) is 5.10. The number of benzene rings is 1. The van der Waals surface area contributed by atoms with E-state index in [0.29, 0.717) is 23.9 Å². The first kappa shape index (κ1) is 49.3. The van der Waals surface area contributed by atoms with E-state index in [0.717, 1.165) is 22.2 Å². The summed E-state index contributed by atoms with van der Waals surface area (Å²) in [6.07, 6.45) is 12.2. The number of carbonyl (C=O) groups is 3. The van der Waals surface area contributed by atoms with Crippen molar-refractivity contribution in [3.8, 4) is 0 Å². The summed E-state index contributed by atoms with van der Waals surface area (Å²) < 4.78 is 55.0. The molecule has 3 aliphatic rings. The summed E-state index contributed by atoms with van der Waals surface area (Å²) in [4.78, 5) is 41.7. The number of esters is 1. The normalized spacial score (nSPS) is 17.8. The van der Waals surface area contributed by atoms with Gasteiger partial charge in [-0.1, -0.05) is 80.4 Å². The number of pyridine rings is 1. The van der Waals surface area contributed by atoms with Gasteiger partial charge in [0.25, 0.3) is 5.91 Å². The Hall–Kier alpha value is -3.82. The van der Waals surface area contributed by atoms with Crippen LogP contribution < -0.4 is 10.6 Å². The molecule has 3 heterocycles. The zero-order chi connectivity index (χ0) is 43.0. The third kappa shape index (κ3) is 15.8. The number of halogens is 2. The summed E-state index contributed by atoms with van der Waals surface area (Å²) in [5, 5.41) is 5.58. The highest BCUT2D eigenvalue weighted by atomic mass is 35.5. The molecule has 1 atom stereocenters. The Kier molecular flexibility index (Phi) is 19.9. The topological polar surface area (TPSA) is 172 Å². The zero-order valence-electron chi connectivity index (χ0n) is 33.9. The quantitative estimate of drug-likeness (QED) is 0.204. The van der Waals surface area contributed by atoms with Crippen LogP contribution in [-0.4, -0.2) is 101 Å². The monoisotopic (exact) mass is 867 g/mol. The Morgan fingerprint density at radius 2 is 1.65 bits per heavy atom. The van der Waals surface area contributed by atoms with E-state index >= 15 is 0 Å². The number of rotatable bonds is 9. The maximum absolute atomic E-state index is 13.0. The van der Waals surface area contributed by atoms with Crippen LogP contribution in [0.15, 0.2) is 76.5 Å². The second kappa shape index (κ2) is 22.9. The van der Waals surface area contributed by atoms with Crippen LogP contribution in [0.1, 0.15) is 76.2 Å². The van der Waals surface area contributed by atoms with E-state index in [4.69, 9.17) is 27.9 Å². The maximum Gasteiger partial charge on any atom is 0.325 e. The van der Waals surface area contributed by atoms with Crippen molar-refractivity contribution >= 4 is 66.5 Å². The van der Waals surface area contributed by atoms with Crippen molar-refractivity contribution in [1.29, 1.82) is 0 Å². The van der Waals surface area contributed by atoms with Crippen LogP contribution >= 0.6 is 23.2 Å². The molecule has 1 unspecified atom stereocenters. The van der Waals surface area contributed by atoms with Crippen molar-refractivity contribution in [2.75, 3.05) is 51.4 Å². The fourth-order valence-electron chi connectivity index (χ4n) is 5.95. The second-order valence-electron chi connectivity index (χ2n) is 14.0. The molecule has 1 aromatic carbocycles. The van der Waals surface area contributed by atoms with Gasteiger partial charge in [0, 0.05) is 43.5 Å². The number of hydrogen-bond acceptors (Lipinski definition) is 10. The first-order chi connectivity index (χ1) is 26.7. The lowest BCUT2D eigenvalue weighted by Crippen LogP contribution is -2.47. The number of anilines is 1. The first-order valence-corrected chi connectivity index (χ1v) is 22.7. The highest BCUT2D eigenvalue weighted by Crippen LogP contribution is 2.28. The van der Waals surface area contributed by atoms with Crippen LogP contribution in [0.4, 0.5) is 5.69 Å². The van der Waals surface area contributed by atoms with Crippen LogP contribution in [0.2, 0.25) is 10.0 Å². The molecule has 2 aliphatic heterocycles. The van der Waals surface area contributed by atoms with E-state index in [-0.39, 0.29) is 51.0 Å². The Labute approximate surface area is 348 Å². The summed E-state index contributed by atoms with van der Waals surface area (Å²) in [6, 6.07) is 6.49. The molecule has 314 valence electrons. The molecule has 57 heavy (non-hydrogen) atoms. The van der Waals surface area contributed by atoms with Crippen molar-refractivity contribution < 1.29 is 36.0 Å². The summed E-state index contributed by atoms with van der Waals surface area (Å²) in [7, 11) is -5.39. The molecule has 2 fully saturated rings. The number of amides is 2. The largest absolute Gasteiger partial charge is 0.465 e. The van der Waals surface area contributed by atoms with E-state index in [1.54, 1.807) is 6.92 Å². The molecule has 13 nitrogen and oxygen atoms in total. The van der Waals surface area contributed by atoms with E-state index < -0.39 is 37.8 Å². The number of sulfonamides is 1. The molecular formula is C40H55Cl2N5O8S2. The third-order valence-corrected chi connectivity index (χ3v) is 12.1. The molecule has 0 bridgehead atoms.